The van der Waals surface area contributed by atoms with Gasteiger partial charge in [-0.1, -0.05) is 13.8 Å². The first-order chi connectivity index (χ1) is 16.2. The predicted molar refractivity (Wildman–Crippen MR) is 127 cm³/mol. The van der Waals surface area contributed by atoms with E-state index < -0.39 is 11.6 Å². The summed E-state index contributed by atoms with van der Waals surface area (Å²) < 4.78 is 29.2. The summed E-state index contributed by atoms with van der Waals surface area (Å²) in [6.07, 6.45) is 1.66. The zero-order chi connectivity index (χ0) is 24.0. The molecule has 0 radical (unpaired) electrons. The zero-order valence-corrected chi connectivity index (χ0v) is 19.3. The molecule has 10 heteroatoms. The summed E-state index contributed by atoms with van der Waals surface area (Å²) in [5, 5.41) is 10.7. The molecule has 1 aliphatic rings. The summed E-state index contributed by atoms with van der Waals surface area (Å²) in [4.78, 5) is 15.5. The van der Waals surface area contributed by atoms with Crippen LogP contribution < -0.4 is 15.5 Å². The third kappa shape index (κ3) is 3.81. The first-order valence-electron chi connectivity index (χ1n) is 10.8. The van der Waals surface area contributed by atoms with Gasteiger partial charge >= 0.3 is 0 Å². The fraction of sp³-hybridized carbons (Fsp3) is 0.250. The van der Waals surface area contributed by atoms with Crippen LogP contribution in [0.4, 0.5) is 37.7 Å². The van der Waals surface area contributed by atoms with Gasteiger partial charge in [0.25, 0.3) is 0 Å². The number of hydrogen-bond acceptors (Lipinski definition) is 7. The molecule has 2 aromatic heterocycles. The third-order valence-electron chi connectivity index (χ3n) is 5.82. The number of anilines is 5. The summed E-state index contributed by atoms with van der Waals surface area (Å²) in [6, 6.07) is 11.5. The van der Waals surface area contributed by atoms with Gasteiger partial charge in [0.15, 0.2) is 11.6 Å². The summed E-state index contributed by atoms with van der Waals surface area (Å²) >= 11 is 0. The third-order valence-corrected chi connectivity index (χ3v) is 5.82. The van der Waals surface area contributed by atoms with Crippen molar-refractivity contribution in [2.24, 2.45) is 0 Å². The molecule has 0 amide bonds. The van der Waals surface area contributed by atoms with E-state index in [2.05, 4.69) is 39.5 Å². The van der Waals surface area contributed by atoms with Gasteiger partial charge in [0.2, 0.25) is 5.95 Å². The minimum Gasteiger partial charge on any atom is -0.373 e. The molecule has 0 fully saturated rings. The van der Waals surface area contributed by atoms with Crippen LogP contribution >= 0.6 is 0 Å². The van der Waals surface area contributed by atoms with Crippen molar-refractivity contribution >= 4 is 29.0 Å². The Morgan fingerprint density at radius 3 is 2.35 bits per heavy atom. The standard InChI is InChI=1S/C24H24F2N8/c1-14-28-13-34(32-14)16-7-5-15(6-8-16)29-23-30-21(27-4)20-22(31-23)33(12-24(20,2)3)17-9-10-18(25)19(26)11-17/h5-11,13H,12H2,1-4H3,(H2,27,29,30,31). The minimum absolute atomic E-state index is 0.311. The topological polar surface area (TPSA) is 83.8 Å². The molecule has 0 unspecified atom stereocenters. The molecule has 8 nitrogen and oxygen atoms in total. The van der Waals surface area contributed by atoms with Crippen LogP contribution in [0.1, 0.15) is 25.2 Å². The van der Waals surface area contributed by atoms with Crippen LogP contribution in [0.15, 0.2) is 48.8 Å². The van der Waals surface area contributed by atoms with Crippen LogP contribution in [0.25, 0.3) is 5.69 Å². The Bertz CT molecular complexity index is 1360. The number of fused-ring (bicyclic) bond motifs is 1. The van der Waals surface area contributed by atoms with E-state index in [4.69, 9.17) is 4.98 Å². The molecule has 4 aromatic rings. The summed E-state index contributed by atoms with van der Waals surface area (Å²) in [7, 11) is 1.80. The van der Waals surface area contributed by atoms with Gasteiger partial charge in [-0.25, -0.2) is 18.4 Å². The maximum Gasteiger partial charge on any atom is 0.231 e. The number of nitrogens with zero attached hydrogens (tertiary/aromatic N) is 6. The SMILES string of the molecule is CNc1nc(Nc2ccc(-n3cnc(C)n3)cc2)nc2c1C(C)(C)CN2c1ccc(F)c(F)c1. The van der Waals surface area contributed by atoms with Gasteiger partial charge in [-0.2, -0.15) is 15.1 Å². The first-order valence-corrected chi connectivity index (χ1v) is 10.8. The van der Waals surface area contributed by atoms with Crippen LogP contribution in [0.2, 0.25) is 0 Å². The lowest BCUT2D eigenvalue weighted by Gasteiger charge is -2.22. The first kappa shape index (κ1) is 21.7. The van der Waals surface area contributed by atoms with Crippen molar-refractivity contribution in [2.75, 3.05) is 29.1 Å². The molecule has 174 valence electrons. The van der Waals surface area contributed by atoms with E-state index in [1.54, 1.807) is 24.1 Å². The van der Waals surface area contributed by atoms with Gasteiger partial charge in [0.1, 0.15) is 23.8 Å². The van der Waals surface area contributed by atoms with E-state index >= 15 is 0 Å². The molecule has 0 bridgehead atoms. The Kier molecular flexibility index (Phi) is 5.15. The Morgan fingerprint density at radius 2 is 1.71 bits per heavy atom. The second-order valence-corrected chi connectivity index (χ2v) is 8.82. The molecule has 0 atom stereocenters. The maximum absolute atomic E-state index is 14.0. The highest BCUT2D eigenvalue weighted by molar-refractivity contribution is 5.76. The lowest BCUT2D eigenvalue weighted by Crippen LogP contribution is -2.25. The second-order valence-electron chi connectivity index (χ2n) is 8.82. The van der Waals surface area contributed by atoms with E-state index in [-0.39, 0.29) is 5.41 Å². The molecule has 0 aliphatic carbocycles. The molecular weight excluding hydrogens is 438 g/mol. The molecule has 2 N–H and O–H groups in total. The van der Waals surface area contributed by atoms with Crippen molar-refractivity contribution in [1.29, 1.82) is 0 Å². The smallest absolute Gasteiger partial charge is 0.231 e. The van der Waals surface area contributed by atoms with Crippen molar-refractivity contribution in [2.45, 2.75) is 26.2 Å². The number of aromatic nitrogens is 5. The number of aryl methyl sites for hydroxylation is 1. The highest BCUT2D eigenvalue weighted by Gasteiger charge is 2.40. The maximum atomic E-state index is 14.0. The van der Waals surface area contributed by atoms with Gasteiger partial charge in [-0.15, -0.1) is 0 Å². The monoisotopic (exact) mass is 462 g/mol. The van der Waals surface area contributed by atoms with Crippen LogP contribution in [-0.2, 0) is 5.41 Å². The average Bonchev–Trinajstić information content (AvgIpc) is 3.36. The van der Waals surface area contributed by atoms with E-state index in [1.807, 2.05) is 36.1 Å². The summed E-state index contributed by atoms with van der Waals surface area (Å²) in [5.41, 5.74) is 2.81. The largest absolute Gasteiger partial charge is 0.373 e. The van der Waals surface area contributed by atoms with Gasteiger partial charge in [-0.05, 0) is 43.3 Å². The minimum atomic E-state index is -0.896. The van der Waals surface area contributed by atoms with E-state index in [1.165, 1.54) is 6.07 Å². The van der Waals surface area contributed by atoms with E-state index in [0.717, 1.165) is 23.0 Å². The van der Waals surface area contributed by atoms with Gasteiger partial charge in [0, 0.05) is 42.0 Å². The number of rotatable bonds is 5. The molecule has 0 saturated heterocycles. The van der Waals surface area contributed by atoms with Crippen molar-refractivity contribution in [1.82, 2.24) is 24.7 Å². The predicted octanol–water partition coefficient (Wildman–Crippen LogP) is 4.86. The zero-order valence-electron chi connectivity index (χ0n) is 19.3. The van der Waals surface area contributed by atoms with E-state index in [0.29, 0.717) is 35.6 Å². The Morgan fingerprint density at radius 1 is 0.971 bits per heavy atom. The molecule has 34 heavy (non-hydrogen) atoms. The van der Waals surface area contributed by atoms with Gasteiger partial charge in [-0.3, -0.25) is 0 Å². The molecule has 3 heterocycles. The Labute approximate surface area is 195 Å². The highest BCUT2D eigenvalue weighted by Crippen LogP contribution is 2.46. The van der Waals surface area contributed by atoms with E-state index in [9.17, 15) is 8.78 Å². The van der Waals surface area contributed by atoms with Crippen molar-refractivity contribution in [3.05, 3.63) is 71.8 Å². The fourth-order valence-electron chi connectivity index (χ4n) is 4.22. The quantitative estimate of drug-likeness (QED) is 0.438. The highest BCUT2D eigenvalue weighted by atomic mass is 19.2. The van der Waals surface area contributed by atoms with Crippen molar-refractivity contribution in [3.8, 4) is 5.69 Å². The summed E-state index contributed by atoms with van der Waals surface area (Å²) in [5.74, 6) is 0.630. The Hall–Kier alpha value is -4.08. The number of halogens is 2. The lowest BCUT2D eigenvalue weighted by molar-refractivity contribution is 0.508. The van der Waals surface area contributed by atoms with Crippen LogP contribution in [-0.4, -0.2) is 38.3 Å². The molecule has 5 rings (SSSR count). The van der Waals surface area contributed by atoms with Crippen molar-refractivity contribution in [3.63, 3.8) is 0 Å². The van der Waals surface area contributed by atoms with Crippen LogP contribution in [0.3, 0.4) is 0 Å². The Balaban J connectivity index is 1.51. The molecular formula is C24H24F2N8. The van der Waals surface area contributed by atoms with Gasteiger partial charge < -0.3 is 15.5 Å². The second kappa shape index (κ2) is 8.05. The van der Waals surface area contributed by atoms with Crippen LogP contribution in [0.5, 0.6) is 0 Å². The molecule has 0 saturated carbocycles. The molecule has 0 spiro atoms. The normalized spacial score (nSPS) is 14.2. The van der Waals surface area contributed by atoms with Crippen LogP contribution in [0, 0.1) is 18.6 Å². The molecule has 2 aromatic carbocycles. The molecule has 1 aliphatic heterocycles. The average molecular weight is 463 g/mol. The number of benzene rings is 2. The fourth-order valence-corrected chi connectivity index (χ4v) is 4.22. The number of hydrogen-bond donors (Lipinski definition) is 2. The summed E-state index contributed by atoms with van der Waals surface area (Å²) in [6.45, 7) is 6.54. The number of nitrogens with one attached hydrogen (secondary N) is 2. The lowest BCUT2D eigenvalue weighted by atomic mass is 9.88. The van der Waals surface area contributed by atoms with Crippen molar-refractivity contribution < 1.29 is 8.78 Å². The van der Waals surface area contributed by atoms with Gasteiger partial charge in [0.05, 0.1) is 5.69 Å².